The number of rotatable bonds is 4. The van der Waals surface area contributed by atoms with E-state index < -0.39 is 0 Å². The van der Waals surface area contributed by atoms with E-state index in [-0.39, 0.29) is 11.9 Å². The first-order chi connectivity index (χ1) is 9.90. The summed E-state index contributed by atoms with van der Waals surface area (Å²) in [6.07, 6.45) is 0. The summed E-state index contributed by atoms with van der Waals surface area (Å²) >= 11 is 6.10. The molecule has 6 nitrogen and oxygen atoms in total. The number of H-pyrrole nitrogens is 1. The molecule has 0 aliphatic carbocycles. The fraction of sp³-hybridized carbons (Fsp3) is 0.286. The molecule has 0 saturated carbocycles. The SMILES string of the molecule is CN(C)CCN(C(=N)N)C(=O)c1cc2c(Cl)cccc2[nH]1. The van der Waals surface area contributed by atoms with Gasteiger partial charge in [-0.1, -0.05) is 17.7 Å². The van der Waals surface area contributed by atoms with Crippen molar-refractivity contribution in [3.05, 3.63) is 35.0 Å². The summed E-state index contributed by atoms with van der Waals surface area (Å²) in [5.74, 6) is -0.608. The molecule has 2 rings (SSSR count). The van der Waals surface area contributed by atoms with E-state index in [9.17, 15) is 4.79 Å². The van der Waals surface area contributed by atoms with Crippen LogP contribution < -0.4 is 5.73 Å². The zero-order valence-electron chi connectivity index (χ0n) is 12.0. The Balaban J connectivity index is 2.30. The van der Waals surface area contributed by atoms with Gasteiger partial charge in [-0.2, -0.15) is 0 Å². The summed E-state index contributed by atoms with van der Waals surface area (Å²) in [7, 11) is 3.79. The molecule has 0 radical (unpaired) electrons. The monoisotopic (exact) mass is 307 g/mol. The quantitative estimate of drug-likeness (QED) is 0.593. The van der Waals surface area contributed by atoms with Crippen LogP contribution in [0, 0.1) is 5.41 Å². The summed E-state index contributed by atoms with van der Waals surface area (Å²) in [4.78, 5) is 18.7. The first-order valence-electron chi connectivity index (χ1n) is 6.48. The van der Waals surface area contributed by atoms with Crippen molar-refractivity contribution in [3.63, 3.8) is 0 Å². The van der Waals surface area contributed by atoms with E-state index >= 15 is 0 Å². The number of halogens is 1. The topological polar surface area (TPSA) is 89.2 Å². The molecule has 1 aromatic carbocycles. The lowest BCUT2D eigenvalue weighted by molar-refractivity contribution is 0.0833. The number of hydrogen-bond acceptors (Lipinski definition) is 3. The van der Waals surface area contributed by atoms with E-state index in [1.165, 1.54) is 4.90 Å². The first-order valence-corrected chi connectivity index (χ1v) is 6.86. The number of nitrogens with two attached hydrogens (primary N) is 1. The number of carbonyl (C=O) groups excluding carboxylic acids is 1. The van der Waals surface area contributed by atoms with E-state index in [1.54, 1.807) is 12.1 Å². The Labute approximate surface area is 128 Å². The van der Waals surface area contributed by atoms with Crippen LogP contribution in [0.1, 0.15) is 10.5 Å². The summed E-state index contributed by atoms with van der Waals surface area (Å²) in [6, 6.07) is 7.10. The number of aromatic nitrogens is 1. The molecule has 1 heterocycles. The second-order valence-corrected chi connectivity index (χ2v) is 5.44. The maximum atomic E-state index is 12.5. The Morgan fingerprint density at radius 3 is 2.67 bits per heavy atom. The summed E-state index contributed by atoms with van der Waals surface area (Å²) in [6.45, 7) is 0.969. The molecule has 4 N–H and O–H groups in total. The molecule has 2 aromatic rings. The molecule has 21 heavy (non-hydrogen) atoms. The van der Waals surface area contributed by atoms with Gasteiger partial charge < -0.3 is 15.6 Å². The largest absolute Gasteiger partial charge is 0.370 e. The van der Waals surface area contributed by atoms with Crippen LogP contribution in [-0.4, -0.2) is 53.8 Å². The normalized spacial score (nSPS) is 11.0. The third-order valence-electron chi connectivity index (χ3n) is 3.15. The average Bonchev–Trinajstić information content (AvgIpc) is 2.83. The van der Waals surface area contributed by atoms with E-state index in [0.29, 0.717) is 23.8 Å². The zero-order chi connectivity index (χ0) is 15.6. The zero-order valence-corrected chi connectivity index (χ0v) is 12.7. The van der Waals surface area contributed by atoms with Crippen molar-refractivity contribution in [1.82, 2.24) is 14.8 Å². The van der Waals surface area contributed by atoms with Gasteiger partial charge in [-0.05, 0) is 32.3 Å². The van der Waals surface area contributed by atoms with Crippen LogP contribution in [0.4, 0.5) is 0 Å². The van der Waals surface area contributed by atoms with Crippen LogP contribution in [0.2, 0.25) is 5.02 Å². The van der Waals surface area contributed by atoms with Crippen LogP contribution in [0.5, 0.6) is 0 Å². The van der Waals surface area contributed by atoms with Crippen LogP contribution in [0.3, 0.4) is 0 Å². The Kier molecular flexibility index (Phi) is 4.50. The average molecular weight is 308 g/mol. The highest BCUT2D eigenvalue weighted by atomic mass is 35.5. The molecular weight excluding hydrogens is 290 g/mol. The predicted molar refractivity (Wildman–Crippen MR) is 84.8 cm³/mol. The van der Waals surface area contributed by atoms with Crippen molar-refractivity contribution in [2.24, 2.45) is 5.73 Å². The predicted octanol–water partition coefficient (Wildman–Crippen LogP) is 1.72. The van der Waals surface area contributed by atoms with Gasteiger partial charge in [0.05, 0.1) is 0 Å². The number of aromatic amines is 1. The Morgan fingerprint density at radius 2 is 2.10 bits per heavy atom. The van der Waals surface area contributed by atoms with Gasteiger partial charge in [0, 0.05) is 29.0 Å². The number of fused-ring (bicyclic) bond motifs is 1. The number of benzene rings is 1. The second-order valence-electron chi connectivity index (χ2n) is 5.03. The molecule has 1 amide bonds. The van der Waals surface area contributed by atoms with Crippen molar-refractivity contribution in [2.75, 3.05) is 27.2 Å². The molecule has 0 aliphatic heterocycles. The van der Waals surface area contributed by atoms with Gasteiger partial charge in [-0.15, -0.1) is 0 Å². The van der Waals surface area contributed by atoms with Gasteiger partial charge in [0.2, 0.25) is 0 Å². The highest BCUT2D eigenvalue weighted by molar-refractivity contribution is 6.35. The van der Waals surface area contributed by atoms with Crippen LogP contribution >= 0.6 is 11.6 Å². The second kappa shape index (κ2) is 6.15. The molecule has 1 aromatic heterocycles. The summed E-state index contributed by atoms with van der Waals surface area (Å²) < 4.78 is 0. The van der Waals surface area contributed by atoms with E-state index in [2.05, 4.69) is 4.98 Å². The summed E-state index contributed by atoms with van der Waals surface area (Å²) in [5.41, 5.74) is 6.66. The molecule has 0 unspecified atom stereocenters. The minimum atomic E-state index is -0.336. The maximum absolute atomic E-state index is 12.5. The van der Waals surface area contributed by atoms with Crippen molar-refractivity contribution in [2.45, 2.75) is 0 Å². The number of hydrogen-bond donors (Lipinski definition) is 3. The van der Waals surface area contributed by atoms with E-state index in [1.807, 2.05) is 31.1 Å². The van der Waals surface area contributed by atoms with Gasteiger partial charge in [0.15, 0.2) is 5.96 Å². The molecule has 0 fully saturated rings. The lowest BCUT2D eigenvalue weighted by Gasteiger charge is -2.21. The molecule has 7 heteroatoms. The Bertz CT molecular complexity index is 679. The van der Waals surface area contributed by atoms with Crippen molar-refractivity contribution >= 4 is 34.4 Å². The van der Waals surface area contributed by atoms with Crippen molar-refractivity contribution in [1.29, 1.82) is 5.41 Å². The van der Waals surface area contributed by atoms with Crippen LogP contribution in [0.15, 0.2) is 24.3 Å². The highest BCUT2D eigenvalue weighted by Crippen LogP contribution is 2.24. The van der Waals surface area contributed by atoms with Gasteiger partial charge in [0.1, 0.15) is 5.69 Å². The van der Waals surface area contributed by atoms with E-state index in [4.69, 9.17) is 22.7 Å². The third-order valence-corrected chi connectivity index (χ3v) is 3.48. The van der Waals surface area contributed by atoms with Crippen LogP contribution in [-0.2, 0) is 0 Å². The van der Waals surface area contributed by atoms with E-state index in [0.717, 1.165) is 10.9 Å². The highest BCUT2D eigenvalue weighted by Gasteiger charge is 2.20. The van der Waals surface area contributed by atoms with Gasteiger partial charge in [0.25, 0.3) is 5.91 Å². The fourth-order valence-electron chi connectivity index (χ4n) is 2.01. The van der Waals surface area contributed by atoms with Gasteiger partial charge in [-0.25, -0.2) is 0 Å². The lowest BCUT2D eigenvalue weighted by Crippen LogP contribution is -2.44. The molecule has 0 saturated heterocycles. The van der Waals surface area contributed by atoms with Crippen molar-refractivity contribution in [3.8, 4) is 0 Å². The lowest BCUT2D eigenvalue weighted by atomic mass is 10.2. The number of nitrogens with one attached hydrogen (secondary N) is 2. The smallest absolute Gasteiger partial charge is 0.277 e. The molecule has 0 spiro atoms. The minimum absolute atomic E-state index is 0.272. The number of nitrogens with zero attached hydrogens (tertiary/aromatic N) is 2. The number of amides is 1. The molecular formula is C14H18ClN5O. The first kappa shape index (κ1) is 15.3. The maximum Gasteiger partial charge on any atom is 0.277 e. The third kappa shape index (κ3) is 3.34. The fourth-order valence-corrected chi connectivity index (χ4v) is 2.24. The molecule has 112 valence electrons. The Morgan fingerprint density at radius 1 is 1.38 bits per heavy atom. The van der Waals surface area contributed by atoms with Crippen LogP contribution in [0.25, 0.3) is 10.9 Å². The van der Waals surface area contributed by atoms with Crippen molar-refractivity contribution < 1.29 is 4.79 Å². The minimum Gasteiger partial charge on any atom is -0.370 e. The number of carbonyl (C=O) groups is 1. The Hall–Kier alpha value is -2.05. The number of likely N-dealkylation sites (N-methyl/N-ethyl adjacent to an activating group) is 1. The van der Waals surface area contributed by atoms with Gasteiger partial charge >= 0.3 is 0 Å². The molecule has 0 atom stereocenters. The molecule has 0 aliphatic rings. The molecule has 0 bridgehead atoms. The standard InChI is InChI=1S/C14H18ClN5O/c1-19(2)6-7-20(14(16)17)13(21)12-8-9-10(15)4-3-5-11(9)18-12/h3-5,8,18H,6-7H2,1-2H3,(H3,16,17). The van der Waals surface area contributed by atoms with Gasteiger partial charge in [-0.3, -0.25) is 15.1 Å². The summed E-state index contributed by atoms with van der Waals surface area (Å²) in [5, 5.41) is 8.93. The number of guanidine groups is 1.